The molecule has 1 aliphatic heterocycles. The minimum Gasteiger partial charge on any atom is -0.361 e. The van der Waals surface area contributed by atoms with Gasteiger partial charge in [-0.05, 0) is 37.5 Å². The quantitative estimate of drug-likeness (QED) is 0.895. The van der Waals surface area contributed by atoms with Gasteiger partial charge in [-0.2, -0.15) is 0 Å². The van der Waals surface area contributed by atoms with Gasteiger partial charge in [-0.15, -0.1) is 10.2 Å². The Morgan fingerprint density at radius 3 is 2.38 bits per heavy atom. The van der Waals surface area contributed by atoms with E-state index in [9.17, 15) is 4.79 Å². The number of piperidine rings is 1. The number of hydrogen-bond acceptors (Lipinski definition) is 5. The van der Waals surface area contributed by atoms with Gasteiger partial charge in [0.25, 0.3) is 0 Å². The molecule has 0 radical (unpaired) electrons. The van der Waals surface area contributed by atoms with Gasteiger partial charge in [0.15, 0.2) is 11.6 Å². The molecule has 0 spiro atoms. The summed E-state index contributed by atoms with van der Waals surface area (Å²) in [6.45, 7) is 3.69. The zero-order chi connectivity index (χ0) is 18.5. The highest BCUT2D eigenvalue weighted by Crippen LogP contribution is 2.23. The summed E-state index contributed by atoms with van der Waals surface area (Å²) < 4.78 is 0. The molecule has 138 valence electrons. The monoisotopic (exact) mass is 353 g/mol. The molecule has 1 amide bonds. The molecule has 0 aliphatic carbocycles. The van der Waals surface area contributed by atoms with E-state index in [1.54, 1.807) is 0 Å². The molecule has 1 aliphatic rings. The van der Waals surface area contributed by atoms with Crippen LogP contribution in [0.1, 0.15) is 31.4 Å². The predicted molar refractivity (Wildman–Crippen MR) is 104 cm³/mol. The van der Waals surface area contributed by atoms with Crippen LogP contribution in [-0.4, -0.2) is 43.3 Å². The maximum absolute atomic E-state index is 12.6. The van der Waals surface area contributed by atoms with Crippen molar-refractivity contribution >= 4 is 17.5 Å². The van der Waals surface area contributed by atoms with Crippen LogP contribution in [0.2, 0.25) is 0 Å². The fourth-order valence-electron chi connectivity index (χ4n) is 3.25. The lowest BCUT2D eigenvalue weighted by Gasteiger charge is -2.32. The summed E-state index contributed by atoms with van der Waals surface area (Å²) in [5.74, 6) is 1.94. The van der Waals surface area contributed by atoms with Crippen LogP contribution >= 0.6 is 0 Å². The Morgan fingerprint density at radius 2 is 1.81 bits per heavy atom. The Bertz CT molecular complexity index is 709. The summed E-state index contributed by atoms with van der Waals surface area (Å²) in [7, 11) is 3.90. The maximum atomic E-state index is 12.6. The summed E-state index contributed by atoms with van der Waals surface area (Å²) in [5.41, 5.74) is 1.13. The molecule has 0 bridgehead atoms. The molecule has 2 heterocycles. The molecular weight excluding hydrogens is 326 g/mol. The third-order valence-electron chi connectivity index (χ3n) is 4.94. The number of carbonyl (C=O) groups is 1. The molecule has 6 heteroatoms. The summed E-state index contributed by atoms with van der Waals surface area (Å²) >= 11 is 0. The molecule has 3 rings (SSSR count). The second-order valence-electron chi connectivity index (χ2n) is 7.05. The molecule has 1 fully saturated rings. The average molecular weight is 353 g/mol. The number of amides is 1. The van der Waals surface area contributed by atoms with Gasteiger partial charge in [-0.1, -0.05) is 30.3 Å². The first-order valence-corrected chi connectivity index (χ1v) is 9.16. The van der Waals surface area contributed by atoms with Gasteiger partial charge in [0.2, 0.25) is 5.91 Å². The number of aromatic nitrogens is 2. The van der Waals surface area contributed by atoms with Crippen molar-refractivity contribution in [3.05, 3.63) is 48.0 Å². The Hall–Kier alpha value is -2.63. The van der Waals surface area contributed by atoms with Gasteiger partial charge in [0.05, 0.1) is 6.04 Å². The SMILES string of the molecule is CC(NC(=O)C1CCN(c2ccc(N(C)C)nn2)CC1)c1ccccc1. The largest absolute Gasteiger partial charge is 0.361 e. The molecule has 2 aromatic rings. The highest BCUT2D eigenvalue weighted by Gasteiger charge is 2.26. The molecule has 1 saturated heterocycles. The number of carbonyl (C=O) groups excluding carboxylic acids is 1. The van der Waals surface area contributed by atoms with E-state index in [1.165, 1.54) is 0 Å². The minimum atomic E-state index is 0.0335. The summed E-state index contributed by atoms with van der Waals surface area (Å²) in [6, 6.07) is 14.1. The second-order valence-corrected chi connectivity index (χ2v) is 7.05. The highest BCUT2D eigenvalue weighted by molar-refractivity contribution is 5.79. The van der Waals surface area contributed by atoms with E-state index in [-0.39, 0.29) is 17.9 Å². The van der Waals surface area contributed by atoms with Crippen LogP contribution in [-0.2, 0) is 4.79 Å². The normalized spacial score (nSPS) is 16.2. The van der Waals surface area contributed by atoms with Gasteiger partial charge in [0.1, 0.15) is 0 Å². The average Bonchev–Trinajstić information content (AvgIpc) is 2.69. The van der Waals surface area contributed by atoms with Crippen molar-refractivity contribution in [2.24, 2.45) is 5.92 Å². The van der Waals surface area contributed by atoms with E-state index >= 15 is 0 Å². The van der Waals surface area contributed by atoms with Crippen LogP contribution in [0.3, 0.4) is 0 Å². The fraction of sp³-hybridized carbons (Fsp3) is 0.450. The van der Waals surface area contributed by atoms with Crippen molar-refractivity contribution < 1.29 is 4.79 Å². The first kappa shape index (κ1) is 18.2. The standard InChI is InChI=1S/C20H27N5O/c1-15(16-7-5-4-6-8-16)21-20(26)17-11-13-25(14-12-17)19-10-9-18(22-23-19)24(2)3/h4-10,15,17H,11-14H2,1-3H3,(H,21,26). The lowest BCUT2D eigenvalue weighted by atomic mass is 9.95. The Labute approximate surface area is 155 Å². The van der Waals surface area contributed by atoms with Gasteiger partial charge < -0.3 is 15.1 Å². The molecule has 1 atom stereocenters. The van der Waals surface area contributed by atoms with Crippen molar-refractivity contribution in [1.29, 1.82) is 0 Å². The number of rotatable bonds is 5. The van der Waals surface area contributed by atoms with E-state index < -0.39 is 0 Å². The lowest BCUT2D eigenvalue weighted by molar-refractivity contribution is -0.126. The molecule has 6 nitrogen and oxygen atoms in total. The predicted octanol–water partition coefficient (Wildman–Crippen LogP) is 2.64. The van der Waals surface area contributed by atoms with Crippen molar-refractivity contribution in [2.75, 3.05) is 37.0 Å². The van der Waals surface area contributed by atoms with Gasteiger partial charge >= 0.3 is 0 Å². The van der Waals surface area contributed by atoms with Gasteiger partial charge in [-0.3, -0.25) is 4.79 Å². The molecule has 1 aromatic heterocycles. The van der Waals surface area contributed by atoms with Gasteiger partial charge in [0, 0.05) is 33.1 Å². The fourth-order valence-corrected chi connectivity index (χ4v) is 3.25. The van der Waals surface area contributed by atoms with E-state index in [1.807, 2.05) is 68.4 Å². The number of nitrogens with one attached hydrogen (secondary N) is 1. The molecular formula is C20H27N5O. The van der Waals surface area contributed by atoms with Crippen LogP contribution in [0.15, 0.2) is 42.5 Å². The molecule has 1 N–H and O–H groups in total. The molecule has 26 heavy (non-hydrogen) atoms. The molecule has 0 saturated carbocycles. The lowest BCUT2D eigenvalue weighted by Crippen LogP contribution is -2.41. The van der Waals surface area contributed by atoms with Crippen molar-refractivity contribution in [1.82, 2.24) is 15.5 Å². The minimum absolute atomic E-state index is 0.0335. The first-order chi connectivity index (χ1) is 12.5. The summed E-state index contributed by atoms with van der Waals surface area (Å²) in [4.78, 5) is 16.7. The number of anilines is 2. The molecule has 1 unspecified atom stereocenters. The van der Waals surface area contributed by atoms with Gasteiger partial charge in [-0.25, -0.2) is 0 Å². The van der Waals surface area contributed by atoms with E-state index in [0.717, 1.165) is 43.1 Å². The topological polar surface area (TPSA) is 61.4 Å². The van der Waals surface area contributed by atoms with E-state index in [0.29, 0.717) is 0 Å². The van der Waals surface area contributed by atoms with Crippen LogP contribution in [0.5, 0.6) is 0 Å². The van der Waals surface area contributed by atoms with Crippen LogP contribution in [0.4, 0.5) is 11.6 Å². The summed E-state index contributed by atoms with van der Waals surface area (Å²) in [5, 5.41) is 11.7. The first-order valence-electron chi connectivity index (χ1n) is 9.16. The second kappa shape index (κ2) is 8.17. The number of hydrogen-bond donors (Lipinski definition) is 1. The highest BCUT2D eigenvalue weighted by atomic mass is 16.1. The zero-order valence-corrected chi connectivity index (χ0v) is 15.7. The Morgan fingerprint density at radius 1 is 1.12 bits per heavy atom. The van der Waals surface area contributed by atoms with Crippen LogP contribution < -0.4 is 15.1 Å². The van der Waals surface area contributed by atoms with E-state index in [2.05, 4.69) is 20.4 Å². The van der Waals surface area contributed by atoms with Crippen molar-refractivity contribution in [2.45, 2.75) is 25.8 Å². The third-order valence-corrected chi connectivity index (χ3v) is 4.94. The number of benzene rings is 1. The maximum Gasteiger partial charge on any atom is 0.223 e. The van der Waals surface area contributed by atoms with E-state index in [4.69, 9.17) is 0 Å². The molecule has 1 aromatic carbocycles. The zero-order valence-electron chi connectivity index (χ0n) is 15.7. The smallest absolute Gasteiger partial charge is 0.223 e. The Balaban J connectivity index is 1.52. The summed E-state index contributed by atoms with van der Waals surface area (Å²) in [6.07, 6.45) is 1.68. The van der Waals surface area contributed by atoms with Crippen molar-refractivity contribution in [3.8, 4) is 0 Å². The number of nitrogens with zero attached hydrogens (tertiary/aromatic N) is 4. The van der Waals surface area contributed by atoms with Crippen LogP contribution in [0, 0.1) is 5.92 Å². The van der Waals surface area contributed by atoms with Crippen LogP contribution in [0.25, 0.3) is 0 Å². The third kappa shape index (κ3) is 4.31. The van der Waals surface area contributed by atoms with Crippen molar-refractivity contribution in [3.63, 3.8) is 0 Å². The Kier molecular flexibility index (Phi) is 5.71.